The Balaban J connectivity index is 1.87. The number of hydrogen-bond acceptors (Lipinski definition) is 1. The van der Waals surface area contributed by atoms with Gasteiger partial charge in [0, 0.05) is 5.66 Å². The quantitative estimate of drug-likeness (QED) is 0.707. The first-order valence-electron chi connectivity index (χ1n) is 6.24. The lowest BCUT2D eigenvalue weighted by Crippen LogP contribution is -1.99. The van der Waals surface area contributed by atoms with E-state index < -0.39 is 0 Å². The minimum atomic E-state index is -0.194. The van der Waals surface area contributed by atoms with Gasteiger partial charge in [-0.15, -0.1) is 0 Å². The molecule has 1 aliphatic heterocycles. The van der Waals surface area contributed by atoms with Crippen LogP contribution in [-0.2, 0) is 0 Å². The fourth-order valence-electron chi connectivity index (χ4n) is 2.44. The van der Waals surface area contributed by atoms with E-state index in [1.807, 2.05) is 0 Å². The van der Waals surface area contributed by atoms with E-state index in [9.17, 15) is 0 Å². The molecule has 3 rings (SSSR count). The first-order valence-corrected chi connectivity index (χ1v) is 8.10. The summed E-state index contributed by atoms with van der Waals surface area (Å²) < 4.78 is 0. The first-order chi connectivity index (χ1) is 8.86. The Kier molecular flexibility index (Phi) is 3.25. The second kappa shape index (κ2) is 5.04. The Morgan fingerprint density at radius 2 is 1.56 bits per heavy atom. The summed E-state index contributed by atoms with van der Waals surface area (Å²) in [6.07, 6.45) is 0. The van der Waals surface area contributed by atoms with Gasteiger partial charge in [0.05, 0.1) is 12.0 Å². The standard InChI is InChI=1S/C16H16NP/c1-18-15(13-8-4-2-5-9-13)12-17-16(18)14-10-6-3-7-11-14/h2-11,15H,12H2,1H3/t15-,18?/m0/s1. The number of nitrogens with zero attached hydrogens (tertiary/aromatic N) is 1. The van der Waals surface area contributed by atoms with E-state index in [1.54, 1.807) is 0 Å². The summed E-state index contributed by atoms with van der Waals surface area (Å²) in [5, 5.41) is 0. The SMILES string of the molecule is CP1C(c2ccccc2)=NC[C@H]1c1ccccc1. The third-order valence-electron chi connectivity index (χ3n) is 3.43. The Hall–Kier alpha value is -1.46. The molecule has 0 bridgehead atoms. The molecule has 0 radical (unpaired) electrons. The summed E-state index contributed by atoms with van der Waals surface area (Å²) in [6, 6.07) is 21.4. The van der Waals surface area contributed by atoms with E-state index in [4.69, 9.17) is 4.99 Å². The zero-order valence-electron chi connectivity index (χ0n) is 10.5. The molecule has 0 fully saturated rings. The second-order valence-electron chi connectivity index (χ2n) is 4.57. The summed E-state index contributed by atoms with van der Waals surface area (Å²) in [5.74, 6) is 0. The van der Waals surface area contributed by atoms with Crippen molar-refractivity contribution in [1.82, 2.24) is 0 Å². The van der Waals surface area contributed by atoms with Gasteiger partial charge < -0.3 is 0 Å². The molecular weight excluding hydrogens is 237 g/mol. The highest BCUT2D eigenvalue weighted by molar-refractivity contribution is 7.76. The van der Waals surface area contributed by atoms with Crippen molar-refractivity contribution < 1.29 is 0 Å². The lowest BCUT2D eigenvalue weighted by molar-refractivity contribution is 0.956. The van der Waals surface area contributed by atoms with Crippen molar-refractivity contribution in [1.29, 1.82) is 0 Å². The van der Waals surface area contributed by atoms with Gasteiger partial charge in [-0.2, -0.15) is 0 Å². The Morgan fingerprint density at radius 1 is 0.944 bits per heavy atom. The van der Waals surface area contributed by atoms with E-state index in [2.05, 4.69) is 67.3 Å². The summed E-state index contributed by atoms with van der Waals surface area (Å²) >= 11 is 0. The fraction of sp³-hybridized carbons (Fsp3) is 0.188. The van der Waals surface area contributed by atoms with E-state index in [-0.39, 0.29) is 7.92 Å². The lowest BCUT2D eigenvalue weighted by Gasteiger charge is -2.17. The van der Waals surface area contributed by atoms with E-state index in [0.717, 1.165) is 6.54 Å². The molecule has 2 atom stereocenters. The highest BCUT2D eigenvalue weighted by atomic mass is 31.1. The van der Waals surface area contributed by atoms with E-state index >= 15 is 0 Å². The van der Waals surface area contributed by atoms with Gasteiger partial charge in [-0.1, -0.05) is 60.7 Å². The highest BCUT2D eigenvalue weighted by Crippen LogP contribution is 2.54. The Bertz CT molecular complexity index is 548. The van der Waals surface area contributed by atoms with Gasteiger partial charge in [-0.25, -0.2) is 0 Å². The molecule has 90 valence electrons. The molecule has 0 amide bonds. The molecule has 2 aromatic rings. The van der Waals surface area contributed by atoms with Crippen molar-refractivity contribution in [2.75, 3.05) is 13.2 Å². The van der Waals surface area contributed by atoms with Crippen LogP contribution in [0.4, 0.5) is 0 Å². The average molecular weight is 253 g/mol. The minimum Gasteiger partial charge on any atom is -0.283 e. The third-order valence-corrected chi connectivity index (χ3v) is 5.90. The Labute approximate surface area is 109 Å². The topological polar surface area (TPSA) is 12.4 Å². The summed E-state index contributed by atoms with van der Waals surface area (Å²) in [4.78, 5) is 4.79. The maximum atomic E-state index is 4.79. The van der Waals surface area contributed by atoms with Gasteiger partial charge in [0.2, 0.25) is 0 Å². The van der Waals surface area contributed by atoms with Gasteiger partial charge in [0.15, 0.2) is 0 Å². The largest absolute Gasteiger partial charge is 0.283 e. The normalized spacial score (nSPS) is 22.8. The fourth-order valence-corrected chi connectivity index (χ4v) is 4.54. The monoisotopic (exact) mass is 253 g/mol. The van der Waals surface area contributed by atoms with Crippen LogP contribution in [0.5, 0.6) is 0 Å². The molecule has 2 aromatic carbocycles. The lowest BCUT2D eigenvalue weighted by atomic mass is 10.1. The molecule has 1 nitrogen and oxygen atoms in total. The predicted molar refractivity (Wildman–Crippen MR) is 79.9 cm³/mol. The second-order valence-corrected chi connectivity index (χ2v) is 6.84. The molecular formula is C16H16NP. The molecule has 1 heterocycles. The zero-order valence-corrected chi connectivity index (χ0v) is 11.3. The molecule has 1 unspecified atom stereocenters. The number of rotatable bonds is 2. The van der Waals surface area contributed by atoms with Crippen molar-refractivity contribution in [3.8, 4) is 0 Å². The van der Waals surface area contributed by atoms with Crippen molar-refractivity contribution in [2.45, 2.75) is 5.66 Å². The molecule has 2 heteroatoms. The van der Waals surface area contributed by atoms with Crippen LogP contribution < -0.4 is 0 Å². The van der Waals surface area contributed by atoms with Crippen molar-refractivity contribution in [2.24, 2.45) is 4.99 Å². The van der Waals surface area contributed by atoms with Gasteiger partial charge in [-0.3, -0.25) is 4.99 Å². The van der Waals surface area contributed by atoms with Gasteiger partial charge >= 0.3 is 0 Å². The predicted octanol–water partition coefficient (Wildman–Crippen LogP) is 4.30. The Morgan fingerprint density at radius 3 is 2.22 bits per heavy atom. The first kappa shape index (κ1) is 11.6. The van der Waals surface area contributed by atoms with Crippen LogP contribution in [0.3, 0.4) is 0 Å². The minimum absolute atomic E-state index is 0.194. The molecule has 0 saturated carbocycles. The average Bonchev–Trinajstić information content (AvgIpc) is 2.83. The van der Waals surface area contributed by atoms with Crippen LogP contribution >= 0.6 is 7.92 Å². The smallest absolute Gasteiger partial charge is 0.0652 e. The molecule has 1 aliphatic rings. The maximum Gasteiger partial charge on any atom is 0.0652 e. The van der Waals surface area contributed by atoms with Crippen molar-refractivity contribution in [3.63, 3.8) is 0 Å². The summed E-state index contributed by atoms with van der Waals surface area (Å²) in [6.45, 7) is 3.29. The number of hydrogen-bond donors (Lipinski definition) is 0. The zero-order chi connectivity index (χ0) is 12.4. The van der Waals surface area contributed by atoms with Crippen molar-refractivity contribution in [3.05, 3.63) is 71.8 Å². The van der Waals surface area contributed by atoms with Crippen molar-refractivity contribution >= 4 is 13.4 Å². The number of benzene rings is 2. The number of aliphatic imine (C=N–C) groups is 1. The van der Waals surface area contributed by atoms with Gasteiger partial charge in [-0.05, 0) is 25.7 Å². The molecule has 0 aliphatic carbocycles. The molecule has 0 spiro atoms. The summed E-state index contributed by atoms with van der Waals surface area (Å²) in [7, 11) is -0.194. The third kappa shape index (κ3) is 2.11. The van der Waals surface area contributed by atoms with Gasteiger partial charge in [0.25, 0.3) is 0 Å². The van der Waals surface area contributed by atoms with Crippen LogP contribution in [0, 0.1) is 0 Å². The van der Waals surface area contributed by atoms with Crippen LogP contribution in [-0.4, -0.2) is 18.7 Å². The summed E-state index contributed by atoms with van der Waals surface area (Å²) in [5.41, 5.74) is 4.64. The van der Waals surface area contributed by atoms with E-state index in [0.29, 0.717) is 5.66 Å². The molecule has 0 N–H and O–H groups in total. The molecule has 0 saturated heterocycles. The maximum absolute atomic E-state index is 4.79. The van der Waals surface area contributed by atoms with Crippen LogP contribution in [0.15, 0.2) is 65.7 Å². The van der Waals surface area contributed by atoms with Crippen LogP contribution in [0.2, 0.25) is 0 Å². The van der Waals surface area contributed by atoms with E-state index in [1.165, 1.54) is 16.6 Å². The molecule has 0 aromatic heterocycles. The highest BCUT2D eigenvalue weighted by Gasteiger charge is 2.28. The van der Waals surface area contributed by atoms with Gasteiger partial charge in [0.1, 0.15) is 0 Å². The van der Waals surface area contributed by atoms with Crippen LogP contribution in [0.25, 0.3) is 0 Å². The molecule has 18 heavy (non-hydrogen) atoms. The van der Waals surface area contributed by atoms with Crippen LogP contribution in [0.1, 0.15) is 16.8 Å².